The van der Waals surface area contributed by atoms with Crippen molar-refractivity contribution >= 4 is 11.5 Å². The summed E-state index contributed by atoms with van der Waals surface area (Å²) < 4.78 is 0. The van der Waals surface area contributed by atoms with Crippen molar-refractivity contribution in [3.05, 3.63) is 27.9 Å². The second kappa shape index (κ2) is 5.15. The largest absolute Gasteiger partial charge is 0.351 e. The Bertz CT molecular complexity index is 486. The second-order valence-corrected chi connectivity index (χ2v) is 6.06. The van der Waals surface area contributed by atoms with E-state index in [-0.39, 0.29) is 10.6 Å². The minimum absolute atomic E-state index is 0.155. The zero-order valence-electron chi connectivity index (χ0n) is 11.8. The maximum atomic E-state index is 11.2. The van der Waals surface area contributed by atoms with E-state index in [1.807, 2.05) is 0 Å². The van der Waals surface area contributed by atoms with E-state index in [2.05, 4.69) is 23.7 Å². The first-order chi connectivity index (χ1) is 8.91. The fraction of sp³-hybridized carbons (Fsp3) is 0.643. The number of hydrogen-bond acceptors (Lipinski definition) is 4. The zero-order valence-corrected chi connectivity index (χ0v) is 11.8. The Morgan fingerprint density at radius 1 is 1.37 bits per heavy atom. The molecule has 0 N–H and O–H groups in total. The van der Waals surface area contributed by atoms with E-state index >= 15 is 0 Å². The molecule has 1 saturated heterocycles. The van der Waals surface area contributed by atoms with Gasteiger partial charge in [0.1, 0.15) is 0 Å². The van der Waals surface area contributed by atoms with Gasteiger partial charge in [-0.3, -0.25) is 10.1 Å². The first-order valence-electron chi connectivity index (χ1n) is 6.76. The minimum atomic E-state index is -0.312. The van der Waals surface area contributed by atoms with Crippen LogP contribution < -0.4 is 4.90 Å². The quantitative estimate of drug-likeness (QED) is 0.606. The Hall–Kier alpha value is -1.65. The van der Waals surface area contributed by atoms with Crippen LogP contribution in [-0.2, 0) is 0 Å². The molecule has 1 aliphatic rings. The lowest BCUT2D eigenvalue weighted by atomic mass is 9.85. The van der Waals surface area contributed by atoms with E-state index < -0.39 is 0 Å². The van der Waals surface area contributed by atoms with Crippen LogP contribution in [-0.4, -0.2) is 23.0 Å². The molecular formula is C14H21N3O2. The Morgan fingerprint density at radius 2 is 2.11 bits per heavy atom. The van der Waals surface area contributed by atoms with E-state index in [0.717, 1.165) is 32.4 Å². The lowest BCUT2D eigenvalue weighted by molar-refractivity contribution is -0.384. The van der Waals surface area contributed by atoms with Crippen LogP contribution in [0.1, 0.15) is 38.7 Å². The van der Waals surface area contributed by atoms with Crippen molar-refractivity contribution in [3.63, 3.8) is 0 Å². The van der Waals surface area contributed by atoms with Crippen LogP contribution in [0, 0.1) is 22.5 Å². The van der Waals surface area contributed by atoms with Crippen LogP contribution in [0.15, 0.2) is 12.3 Å². The summed E-state index contributed by atoms with van der Waals surface area (Å²) in [6.07, 6.45) is 4.91. The van der Waals surface area contributed by atoms with Crippen molar-refractivity contribution < 1.29 is 4.92 Å². The van der Waals surface area contributed by atoms with Gasteiger partial charge in [-0.25, -0.2) is 4.98 Å². The third kappa shape index (κ3) is 3.03. The smallest absolute Gasteiger partial charge is 0.314 e. The van der Waals surface area contributed by atoms with E-state index in [0.29, 0.717) is 16.8 Å². The van der Waals surface area contributed by atoms with Gasteiger partial charge in [0.05, 0.1) is 4.92 Å². The van der Waals surface area contributed by atoms with Gasteiger partial charge in [0, 0.05) is 24.8 Å². The third-order valence-electron chi connectivity index (χ3n) is 3.93. The molecule has 0 aliphatic carbocycles. The number of pyridine rings is 1. The molecule has 104 valence electrons. The van der Waals surface area contributed by atoms with Gasteiger partial charge >= 0.3 is 5.69 Å². The van der Waals surface area contributed by atoms with Gasteiger partial charge in [0.2, 0.25) is 5.82 Å². The first kappa shape index (κ1) is 13.8. The number of hydrogen-bond donors (Lipinski definition) is 0. The number of nitrogens with zero attached hydrogens (tertiary/aromatic N) is 3. The van der Waals surface area contributed by atoms with Gasteiger partial charge < -0.3 is 4.90 Å². The lowest BCUT2D eigenvalue weighted by Crippen LogP contribution is -2.27. The Morgan fingerprint density at radius 3 is 2.79 bits per heavy atom. The standard InChI is InChI=1S/C14H21N3O2/c1-11-5-8-15-13(12(11)17(18)19)16-9-4-6-14(2,3)7-10-16/h5,8H,4,6-7,9-10H2,1-3H3. The summed E-state index contributed by atoms with van der Waals surface area (Å²) >= 11 is 0. The van der Waals surface area contributed by atoms with Gasteiger partial charge in [-0.15, -0.1) is 0 Å². The van der Waals surface area contributed by atoms with Crippen LogP contribution >= 0.6 is 0 Å². The molecule has 0 aromatic carbocycles. The predicted octanol–water partition coefficient (Wildman–Crippen LogP) is 3.31. The van der Waals surface area contributed by atoms with Crippen molar-refractivity contribution in [2.24, 2.45) is 5.41 Å². The monoisotopic (exact) mass is 263 g/mol. The highest BCUT2D eigenvalue weighted by Gasteiger charge is 2.28. The van der Waals surface area contributed by atoms with Crippen molar-refractivity contribution in [3.8, 4) is 0 Å². The molecule has 0 spiro atoms. The summed E-state index contributed by atoms with van der Waals surface area (Å²) in [4.78, 5) is 17.3. The van der Waals surface area contributed by atoms with Crippen molar-refractivity contribution in [2.45, 2.75) is 40.0 Å². The predicted molar refractivity (Wildman–Crippen MR) is 75.5 cm³/mol. The highest BCUT2D eigenvalue weighted by Crippen LogP contribution is 2.34. The summed E-state index contributed by atoms with van der Waals surface area (Å²) in [5.41, 5.74) is 1.15. The molecule has 5 nitrogen and oxygen atoms in total. The van der Waals surface area contributed by atoms with Crippen molar-refractivity contribution in [2.75, 3.05) is 18.0 Å². The molecule has 2 heterocycles. The molecule has 0 atom stereocenters. The summed E-state index contributed by atoms with van der Waals surface area (Å²) in [7, 11) is 0. The number of anilines is 1. The molecule has 0 amide bonds. The molecule has 0 bridgehead atoms. The number of nitro groups is 1. The topological polar surface area (TPSA) is 59.3 Å². The summed E-state index contributed by atoms with van der Waals surface area (Å²) in [6, 6.07) is 1.70. The Kier molecular flexibility index (Phi) is 3.73. The summed E-state index contributed by atoms with van der Waals surface area (Å²) in [5, 5.41) is 11.2. The number of aromatic nitrogens is 1. The maximum absolute atomic E-state index is 11.2. The van der Waals surface area contributed by atoms with E-state index in [9.17, 15) is 10.1 Å². The Labute approximate surface area is 113 Å². The molecule has 2 rings (SSSR count). The molecule has 1 aromatic rings. The molecule has 1 aliphatic heterocycles. The molecule has 5 heteroatoms. The second-order valence-electron chi connectivity index (χ2n) is 6.06. The highest BCUT2D eigenvalue weighted by atomic mass is 16.6. The Balaban J connectivity index is 2.32. The SMILES string of the molecule is Cc1ccnc(N2CCCC(C)(C)CC2)c1[N+](=O)[O-]. The van der Waals surface area contributed by atoms with E-state index in [1.54, 1.807) is 19.2 Å². The maximum Gasteiger partial charge on any atom is 0.314 e. The fourth-order valence-electron chi connectivity index (χ4n) is 2.63. The van der Waals surface area contributed by atoms with Crippen molar-refractivity contribution in [1.82, 2.24) is 4.98 Å². The molecule has 19 heavy (non-hydrogen) atoms. The third-order valence-corrected chi connectivity index (χ3v) is 3.93. The summed E-state index contributed by atoms with van der Waals surface area (Å²) in [6.45, 7) is 7.97. The van der Waals surface area contributed by atoms with E-state index in [1.165, 1.54) is 0 Å². The van der Waals surface area contributed by atoms with Gasteiger partial charge in [-0.2, -0.15) is 0 Å². The number of rotatable bonds is 2. The van der Waals surface area contributed by atoms with Gasteiger partial charge in [0.15, 0.2) is 0 Å². The van der Waals surface area contributed by atoms with Gasteiger partial charge in [-0.1, -0.05) is 13.8 Å². The van der Waals surface area contributed by atoms with Crippen LogP contribution in [0.3, 0.4) is 0 Å². The van der Waals surface area contributed by atoms with Crippen LogP contribution in [0.5, 0.6) is 0 Å². The molecule has 0 radical (unpaired) electrons. The molecule has 0 saturated carbocycles. The summed E-state index contributed by atoms with van der Waals surface area (Å²) in [5.74, 6) is 0.530. The van der Waals surface area contributed by atoms with Crippen LogP contribution in [0.4, 0.5) is 11.5 Å². The highest BCUT2D eigenvalue weighted by molar-refractivity contribution is 5.61. The first-order valence-corrected chi connectivity index (χ1v) is 6.76. The zero-order chi connectivity index (χ0) is 14.0. The normalized spacial score (nSPS) is 19.0. The fourth-order valence-corrected chi connectivity index (χ4v) is 2.63. The van der Waals surface area contributed by atoms with Gasteiger partial charge in [0.25, 0.3) is 0 Å². The molecule has 0 unspecified atom stereocenters. The molecular weight excluding hydrogens is 242 g/mol. The van der Waals surface area contributed by atoms with Crippen LogP contribution in [0.2, 0.25) is 0 Å². The minimum Gasteiger partial charge on any atom is -0.351 e. The van der Waals surface area contributed by atoms with E-state index in [4.69, 9.17) is 0 Å². The number of aryl methyl sites for hydroxylation is 1. The average molecular weight is 263 g/mol. The van der Waals surface area contributed by atoms with Crippen molar-refractivity contribution in [1.29, 1.82) is 0 Å². The molecule has 1 aromatic heterocycles. The average Bonchev–Trinajstić information content (AvgIpc) is 2.49. The molecule has 1 fully saturated rings. The lowest BCUT2D eigenvalue weighted by Gasteiger charge is -2.24. The van der Waals surface area contributed by atoms with Gasteiger partial charge in [-0.05, 0) is 37.7 Å². The van der Waals surface area contributed by atoms with Crippen LogP contribution in [0.25, 0.3) is 0 Å².